The first-order valence-electron chi connectivity index (χ1n) is 14.7. The van der Waals surface area contributed by atoms with Crippen LogP contribution in [0.5, 0.6) is 0 Å². The normalized spacial score (nSPS) is 17.4. The first-order valence-corrected chi connectivity index (χ1v) is 14.7. The van der Waals surface area contributed by atoms with E-state index in [4.69, 9.17) is 0 Å². The standard InChI is InChI=1S/C35H34F4N4O2/c1-19-21(12-24(37)17-29(19)39)14-31(42-32(44)15-22-18-41-30-10-8-23(36)16-26(22)30)33-25(6-5-11-40-33)20-7-9-28(38)27(13-20)34(45)43-35(2,3)4/h5-13,16-19,21,31,41H,14-15H2,1-4H3,(H,42,44)(H,43,45). The maximum Gasteiger partial charge on any atom is 0.254 e. The zero-order valence-electron chi connectivity index (χ0n) is 25.4. The van der Waals surface area contributed by atoms with Gasteiger partial charge in [-0.2, -0.15) is 0 Å². The fraction of sp³-hybridized carbons (Fsp3) is 0.286. The van der Waals surface area contributed by atoms with Crippen molar-refractivity contribution in [3.63, 3.8) is 0 Å². The molecule has 0 aliphatic heterocycles. The van der Waals surface area contributed by atoms with Crippen molar-refractivity contribution in [3.8, 4) is 11.1 Å². The smallest absolute Gasteiger partial charge is 0.254 e. The number of aromatic amines is 1. The fourth-order valence-electron chi connectivity index (χ4n) is 5.58. The van der Waals surface area contributed by atoms with E-state index in [0.717, 1.165) is 6.08 Å². The molecule has 3 N–H and O–H groups in total. The van der Waals surface area contributed by atoms with Gasteiger partial charge < -0.3 is 15.6 Å². The number of nitrogens with zero attached hydrogens (tertiary/aromatic N) is 1. The number of carbonyl (C=O) groups is 2. The SMILES string of the molecule is CC1C(F)=CC(F)=CC1CC(NC(=O)Cc1c[nH]c2ccc(F)cc12)c1ncccc1-c1ccc(F)c(C(=O)NC(C)(C)C)c1. The molecule has 45 heavy (non-hydrogen) atoms. The number of carbonyl (C=O) groups excluding carboxylic acids is 2. The predicted molar refractivity (Wildman–Crippen MR) is 165 cm³/mol. The van der Waals surface area contributed by atoms with Crippen LogP contribution in [0.25, 0.3) is 22.0 Å². The summed E-state index contributed by atoms with van der Waals surface area (Å²) >= 11 is 0. The topological polar surface area (TPSA) is 86.9 Å². The molecule has 2 aromatic heterocycles. The summed E-state index contributed by atoms with van der Waals surface area (Å²) in [4.78, 5) is 34.0. The van der Waals surface area contributed by atoms with E-state index in [9.17, 15) is 27.2 Å². The average molecular weight is 619 g/mol. The molecule has 0 spiro atoms. The number of allylic oxidation sites excluding steroid dienone is 4. The van der Waals surface area contributed by atoms with Gasteiger partial charge in [-0.05, 0) is 86.7 Å². The van der Waals surface area contributed by atoms with Crippen molar-refractivity contribution in [1.82, 2.24) is 20.6 Å². The summed E-state index contributed by atoms with van der Waals surface area (Å²) in [5.41, 5.74) is 1.82. The van der Waals surface area contributed by atoms with Crippen LogP contribution in [-0.2, 0) is 11.2 Å². The third-order valence-corrected chi connectivity index (χ3v) is 7.83. The number of aromatic nitrogens is 2. The molecule has 3 unspecified atom stereocenters. The van der Waals surface area contributed by atoms with Gasteiger partial charge in [0.25, 0.3) is 5.91 Å². The molecule has 0 bridgehead atoms. The predicted octanol–water partition coefficient (Wildman–Crippen LogP) is 7.80. The number of H-pyrrole nitrogens is 1. The number of benzene rings is 2. The van der Waals surface area contributed by atoms with Gasteiger partial charge in [0.2, 0.25) is 5.91 Å². The van der Waals surface area contributed by atoms with Crippen molar-refractivity contribution in [2.75, 3.05) is 0 Å². The third-order valence-electron chi connectivity index (χ3n) is 7.83. The number of amides is 2. The average Bonchev–Trinajstić information content (AvgIpc) is 3.35. The Bertz CT molecular complexity index is 1820. The Morgan fingerprint density at radius 2 is 1.82 bits per heavy atom. The lowest BCUT2D eigenvalue weighted by Gasteiger charge is -2.29. The van der Waals surface area contributed by atoms with Gasteiger partial charge in [0.05, 0.1) is 23.7 Å². The molecule has 1 aliphatic rings. The Kier molecular flexibility index (Phi) is 8.95. The molecule has 6 nitrogen and oxygen atoms in total. The fourth-order valence-corrected chi connectivity index (χ4v) is 5.58. The number of fused-ring (bicyclic) bond motifs is 1. The Labute approximate surface area is 258 Å². The van der Waals surface area contributed by atoms with Gasteiger partial charge in [-0.1, -0.05) is 19.1 Å². The molecular formula is C35H34F4N4O2. The van der Waals surface area contributed by atoms with Crippen LogP contribution >= 0.6 is 0 Å². The lowest BCUT2D eigenvalue weighted by molar-refractivity contribution is -0.121. The monoisotopic (exact) mass is 618 g/mol. The molecule has 2 heterocycles. The summed E-state index contributed by atoms with van der Waals surface area (Å²) in [6, 6.07) is 10.9. The zero-order valence-corrected chi connectivity index (χ0v) is 25.4. The van der Waals surface area contributed by atoms with Crippen LogP contribution in [-0.4, -0.2) is 27.3 Å². The second-order valence-corrected chi connectivity index (χ2v) is 12.4. The van der Waals surface area contributed by atoms with Crippen LogP contribution < -0.4 is 10.6 Å². The number of nitrogens with one attached hydrogen (secondary N) is 3. The molecule has 0 fully saturated rings. The summed E-state index contributed by atoms with van der Waals surface area (Å²) in [5, 5.41) is 6.31. The molecule has 2 amide bonds. The van der Waals surface area contributed by atoms with E-state index >= 15 is 0 Å². The number of hydrogen-bond donors (Lipinski definition) is 3. The van der Waals surface area contributed by atoms with Gasteiger partial charge in [-0.25, -0.2) is 17.6 Å². The highest BCUT2D eigenvalue weighted by Crippen LogP contribution is 2.38. The summed E-state index contributed by atoms with van der Waals surface area (Å²) in [6.45, 7) is 6.99. The Morgan fingerprint density at radius 3 is 2.58 bits per heavy atom. The van der Waals surface area contributed by atoms with Crippen LogP contribution in [0.1, 0.15) is 61.8 Å². The highest BCUT2D eigenvalue weighted by Gasteiger charge is 2.31. The van der Waals surface area contributed by atoms with E-state index in [1.807, 2.05) is 0 Å². The largest absolute Gasteiger partial charge is 0.361 e. The van der Waals surface area contributed by atoms with E-state index in [-0.39, 0.29) is 18.4 Å². The molecule has 234 valence electrons. The highest BCUT2D eigenvalue weighted by molar-refractivity contribution is 5.96. The number of pyridine rings is 1. The van der Waals surface area contributed by atoms with Crippen molar-refractivity contribution in [2.45, 2.75) is 52.1 Å². The maximum atomic E-state index is 14.8. The van der Waals surface area contributed by atoms with Crippen molar-refractivity contribution in [2.24, 2.45) is 11.8 Å². The van der Waals surface area contributed by atoms with Crippen LogP contribution in [0.2, 0.25) is 0 Å². The third kappa shape index (κ3) is 7.33. The lowest BCUT2D eigenvalue weighted by atomic mass is 9.82. The number of halogens is 4. The van der Waals surface area contributed by atoms with Gasteiger partial charge in [0.15, 0.2) is 0 Å². The van der Waals surface area contributed by atoms with Crippen LogP contribution in [0.3, 0.4) is 0 Å². The van der Waals surface area contributed by atoms with E-state index in [0.29, 0.717) is 33.3 Å². The van der Waals surface area contributed by atoms with Crippen molar-refractivity contribution < 1.29 is 27.2 Å². The van der Waals surface area contributed by atoms with Crippen molar-refractivity contribution in [1.29, 1.82) is 0 Å². The Balaban J connectivity index is 1.52. The van der Waals surface area contributed by atoms with Crippen molar-refractivity contribution in [3.05, 3.63) is 113 Å². The van der Waals surface area contributed by atoms with E-state index in [1.54, 1.807) is 52.1 Å². The van der Waals surface area contributed by atoms with Gasteiger partial charge in [0, 0.05) is 46.4 Å². The molecular weight excluding hydrogens is 584 g/mol. The zero-order chi connectivity index (χ0) is 32.5. The molecule has 1 aliphatic carbocycles. The maximum absolute atomic E-state index is 14.8. The van der Waals surface area contributed by atoms with E-state index in [2.05, 4.69) is 20.6 Å². The molecule has 2 aromatic carbocycles. The van der Waals surface area contributed by atoms with Gasteiger partial charge in [-0.3, -0.25) is 14.6 Å². The number of rotatable bonds is 8. The number of hydrogen-bond acceptors (Lipinski definition) is 3. The minimum Gasteiger partial charge on any atom is -0.361 e. The summed E-state index contributed by atoms with van der Waals surface area (Å²) in [7, 11) is 0. The summed E-state index contributed by atoms with van der Waals surface area (Å²) < 4.78 is 57.8. The molecule has 3 atom stereocenters. The first kappa shape index (κ1) is 31.7. The van der Waals surface area contributed by atoms with Crippen molar-refractivity contribution >= 4 is 22.7 Å². The Morgan fingerprint density at radius 1 is 1.04 bits per heavy atom. The molecule has 0 saturated carbocycles. The van der Waals surface area contributed by atoms with E-state index in [1.165, 1.54) is 42.6 Å². The van der Waals surface area contributed by atoms with Gasteiger partial charge in [0.1, 0.15) is 23.3 Å². The lowest BCUT2D eigenvalue weighted by Crippen LogP contribution is -2.40. The molecule has 4 aromatic rings. The second kappa shape index (κ2) is 12.7. The Hall–Kier alpha value is -4.73. The van der Waals surface area contributed by atoms with Gasteiger partial charge in [-0.15, -0.1) is 0 Å². The van der Waals surface area contributed by atoms with E-state index < -0.39 is 58.5 Å². The molecule has 5 rings (SSSR count). The second-order valence-electron chi connectivity index (χ2n) is 12.4. The molecule has 0 radical (unpaired) electrons. The van der Waals surface area contributed by atoms with Crippen LogP contribution in [0.4, 0.5) is 17.6 Å². The quantitative estimate of drug-likeness (QED) is 0.176. The molecule has 0 saturated heterocycles. The first-order chi connectivity index (χ1) is 21.3. The summed E-state index contributed by atoms with van der Waals surface area (Å²) in [5.74, 6) is -4.77. The molecule has 10 heteroatoms. The van der Waals surface area contributed by atoms with Crippen LogP contribution in [0, 0.1) is 23.5 Å². The minimum atomic E-state index is -0.838. The highest BCUT2D eigenvalue weighted by atomic mass is 19.1. The van der Waals surface area contributed by atoms with Gasteiger partial charge >= 0.3 is 0 Å². The summed E-state index contributed by atoms with van der Waals surface area (Å²) in [6.07, 6.45) is 5.32. The minimum absolute atomic E-state index is 0.0900. The van der Waals surface area contributed by atoms with Crippen LogP contribution in [0.15, 0.2) is 84.7 Å².